The molecule has 1 fully saturated rings. The number of hydrogen-bond donors (Lipinski definition) is 3. The van der Waals surface area contributed by atoms with Crippen molar-refractivity contribution in [1.82, 2.24) is 20.3 Å². The Kier molecular flexibility index (Phi) is 3.98. The maximum absolute atomic E-state index is 14.0. The number of rotatable bonds is 3. The number of halogens is 1. The highest BCUT2D eigenvalue weighted by Crippen LogP contribution is 2.34. The summed E-state index contributed by atoms with van der Waals surface area (Å²) in [6.45, 7) is 1.93. The van der Waals surface area contributed by atoms with Crippen molar-refractivity contribution in [3.05, 3.63) is 54.5 Å². The van der Waals surface area contributed by atoms with Gasteiger partial charge in [0.05, 0.1) is 27.8 Å². The van der Waals surface area contributed by atoms with Gasteiger partial charge in [0.1, 0.15) is 11.6 Å². The fraction of sp³-hybridized carbons (Fsp3) is 0.238. The first-order valence-electron chi connectivity index (χ1n) is 9.28. The van der Waals surface area contributed by atoms with Crippen LogP contribution >= 0.6 is 0 Å². The summed E-state index contributed by atoms with van der Waals surface area (Å²) < 4.78 is 14.0. The number of H-pyrrole nitrogens is 1. The molecule has 136 valence electrons. The molecule has 0 spiro atoms. The Hall–Kier alpha value is -2.99. The van der Waals surface area contributed by atoms with Crippen molar-refractivity contribution in [2.45, 2.75) is 18.9 Å². The Bertz CT molecular complexity index is 1080. The second-order valence-electron chi connectivity index (χ2n) is 7.00. The summed E-state index contributed by atoms with van der Waals surface area (Å²) in [5.41, 5.74) is 4.37. The maximum atomic E-state index is 14.0. The molecule has 3 N–H and O–H groups in total. The minimum absolute atomic E-state index is 0.268. The highest BCUT2D eigenvalue weighted by molar-refractivity contribution is 5.99. The van der Waals surface area contributed by atoms with Crippen LogP contribution < -0.4 is 10.6 Å². The minimum atomic E-state index is -0.268. The zero-order valence-corrected chi connectivity index (χ0v) is 14.8. The molecule has 0 radical (unpaired) electrons. The molecule has 3 heterocycles. The van der Waals surface area contributed by atoms with Gasteiger partial charge in [0.25, 0.3) is 0 Å². The van der Waals surface area contributed by atoms with Crippen LogP contribution in [-0.2, 0) is 0 Å². The maximum Gasteiger partial charge on any atom is 0.142 e. The van der Waals surface area contributed by atoms with Crippen molar-refractivity contribution in [2.75, 3.05) is 18.4 Å². The van der Waals surface area contributed by atoms with Crippen LogP contribution in [0.25, 0.3) is 33.3 Å². The van der Waals surface area contributed by atoms with E-state index in [1.54, 1.807) is 12.1 Å². The van der Waals surface area contributed by atoms with Crippen LogP contribution in [0.1, 0.15) is 12.8 Å². The van der Waals surface area contributed by atoms with E-state index < -0.39 is 0 Å². The van der Waals surface area contributed by atoms with Crippen molar-refractivity contribution < 1.29 is 4.39 Å². The van der Waals surface area contributed by atoms with Crippen molar-refractivity contribution in [3.8, 4) is 11.4 Å². The van der Waals surface area contributed by atoms with E-state index in [0.717, 1.165) is 64.9 Å². The molecular weight excluding hydrogens is 341 g/mol. The van der Waals surface area contributed by atoms with Gasteiger partial charge in [-0.05, 0) is 49.7 Å². The van der Waals surface area contributed by atoms with E-state index in [0.29, 0.717) is 0 Å². The molecule has 1 unspecified atom stereocenters. The summed E-state index contributed by atoms with van der Waals surface area (Å²) >= 11 is 0. The number of imidazole rings is 1. The number of nitrogens with zero attached hydrogens (tertiary/aromatic N) is 2. The van der Waals surface area contributed by atoms with Crippen LogP contribution in [0.4, 0.5) is 10.1 Å². The van der Waals surface area contributed by atoms with E-state index in [-0.39, 0.29) is 11.9 Å². The molecule has 6 heteroatoms. The van der Waals surface area contributed by atoms with Gasteiger partial charge in [0.15, 0.2) is 0 Å². The standard InChI is InChI=1S/C21H20FN5/c22-13-7-8-17-15(10-13)20(25-14-4-3-9-23-11-14)16(12-24-17)21-26-18-5-1-2-6-19(18)27-21/h1-2,5-8,10,12,14,23H,3-4,9,11H2,(H,24,25)(H,26,27). The predicted octanol–water partition coefficient (Wildman–Crippen LogP) is 4.08. The van der Waals surface area contributed by atoms with Crippen molar-refractivity contribution >= 4 is 27.6 Å². The van der Waals surface area contributed by atoms with Gasteiger partial charge in [-0.2, -0.15) is 0 Å². The molecule has 27 heavy (non-hydrogen) atoms. The number of piperidine rings is 1. The van der Waals surface area contributed by atoms with E-state index >= 15 is 0 Å². The van der Waals surface area contributed by atoms with E-state index in [9.17, 15) is 4.39 Å². The number of benzene rings is 2. The SMILES string of the molecule is Fc1ccc2ncc(-c3nc4ccccc4[nH]3)c(NC3CCCNC3)c2c1. The molecule has 0 bridgehead atoms. The average Bonchev–Trinajstić information content (AvgIpc) is 3.13. The Morgan fingerprint density at radius 2 is 2.04 bits per heavy atom. The molecule has 5 rings (SSSR count). The third-order valence-corrected chi connectivity index (χ3v) is 5.12. The van der Waals surface area contributed by atoms with E-state index in [1.807, 2.05) is 30.5 Å². The second-order valence-corrected chi connectivity index (χ2v) is 7.00. The van der Waals surface area contributed by atoms with Crippen LogP contribution in [0.15, 0.2) is 48.7 Å². The monoisotopic (exact) mass is 361 g/mol. The Morgan fingerprint density at radius 1 is 1.11 bits per heavy atom. The number of nitrogens with one attached hydrogen (secondary N) is 3. The Balaban J connectivity index is 1.68. The summed E-state index contributed by atoms with van der Waals surface area (Å²) in [6, 6.07) is 12.9. The van der Waals surface area contributed by atoms with Crippen LogP contribution in [0, 0.1) is 5.82 Å². The summed E-state index contributed by atoms with van der Waals surface area (Å²) in [6.07, 6.45) is 4.01. The number of para-hydroxylation sites is 2. The summed E-state index contributed by atoms with van der Waals surface area (Å²) in [5, 5.41) is 7.83. The molecular formula is C21H20FN5. The van der Waals surface area contributed by atoms with Gasteiger partial charge in [-0.25, -0.2) is 9.37 Å². The third-order valence-electron chi connectivity index (χ3n) is 5.12. The second kappa shape index (κ2) is 6.63. The Labute approximate surface area is 156 Å². The molecule has 1 aliphatic heterocycles. The van der Waals surface area contributed by atoms with Crippen LogP contribution in [0.2, 0.25) is 0 Å². The molecule has 1 atom stereocenters. The number of fused-ring (bicyclic) bond motifs is 2. The van der Waals surface area contributed by atoms with Gasteiger partial charge in [-0.3, -0.25) is 4.98 Å². The number of aromatic nitrogens is 3. The molecule has 1 aliphatic rings. The van der Waals surface area contributed by atoms with Gasteiger partial charge in [-0.1, -0.05) is 12.1 Å². The first-order chi connectivity index (χ1) is 13.3. The fourth-order valence-corrected chi connectivity index (χ4v) is 3.76. The number of hydrogen-bond acceptors (Lipinski definition) is 4. The summed E-state index contributed by atoms with van der Waals surface area (Å²) in [5.74, 6) is 0.469. The summed E-state index contributed by atoms with van der Waals surface area (Å²) in [4.78, 5) is 12.6. The molecule has 0 saturated carbocycles. The lowest BCUT2D eigenvalue weighted by atomic mass is 10.0. The van der Waals surface area contributed by atoms with Gasteiger partial charge < -0.3 is 15.6 Å². The molecule has 5 nitrogen and oxygen atoms in total. The van der Waals surface area contributed by atoms with Crippen LogP contribution in [0.3, 0.4) is 0 Å². The fourth-order valence-electron chi connectivity index (χ4n) is 3.76. The molecule has 0 amide bonds. The lowest BCUT2D eigenvalue weighted by Crippen LogP contribution is -2.38. The quantitative estimate of drug-likeness (QED) is 0.514. The van der Waals surface area contributed by atoms with Gasteiger partial charge in [0.2, 0.25) is 0 Å². The van der Waals surface area contributed by atoms with Crippen molar-refractivity contribution in [2.24, 2.45) is 0 Å². The smallest absolute Gasteiger partial charge is 0.142 e. The average molecular weight is 361 g/mol. The lowest BCUT2D eigenvalue weighted by Gasteiger charge is -2.26. The predicted molar refractivity (Wildman–Crippen MR) is 106 cm³/mol. The van der Waals surface area contributed by atoms with Gasteiger partial charge >= 0.3 is 0 Å². The third kappa shape index (κ3) is 3.02. The molecule has 2 aromatic carbocycles. The highest BCUT2D eigenvalue weighted by atomic mass is 19.1. The lowest BCUT2D eigenvalue weighted by molar-refractivity contribution is 0.480. The van der Waals surface area contributed by atoms with Crippen molar-refractivity contribution in [3.63, 3.8) is 0 Å². The molecule has 4 aromatic rings. The zero-order valence-electron chi connectivity index (χ0n) is 14.8. The minimum Gasteiger partial charge on any atom is -0.380 e. The highest BCUT2D eigenvalue weighted by Gasteiger charge is 2.19. The first kappa shape index (κ1) is 16.2. The number of anilines is 1. The van der Waals surface area contributed by atoms with Gasteiger partial charge in [0, 0.05) is 24.2 Å². The van der Waals surface area contributed by atoms with E-state index in [4.69, 9.17) is 4.98 Å². The van der Waals surface area contributed by atoms with Crippen molar-refractivity contribution in [1.29, 1.82) is 0 Å². The topological polar surface area (TPSA) is 65.6 Å². The van der Waals surface area contributed by atoms with Crippen LogP contribution in [0.5, 0.6) is 0 Å². The largest absolute Gasteiger partial charge is 0.380 e. The number of pyridine rings is 1. The van der Waals surface area contributed by atoms with Gasteiger partial charge in [-0.15, -0.1) is 0 Å². The van der Waals surface area contributed by atoms with Crippen LogP contribution in [-0.4, -0.2) is 34.1 Å². The molecule has 2 aromatic heterocycles. The summed E-state index contributed by atoms with van der Waals surface area (Å²) in [7, 11) is 0. The first-order valence-corrected chi connectivity index (χ1v) is 9.28. The number of aromatic amines is 1. The molecule has 1 saturated heterocycles. The molecule has 0 aliphatic carbocycles. The van der Waals surface area contributed by atoms with E-state index in [2.05, 4.69) is 20.6 Å². The normalized spacial score (nSPS) is 17.4. The zero-order chi connectivity index (χ0) is 18.2. The Morgan fingerprint density at radius 3 is 2.89 bits per heavy atom. The van der Waals surface area contributed by atoms with E-state index in [1.165, 1.54) is 6.07 Å².